The van der Waals surface area contributed by atoms with Crippen molar-refractivity contribution < 1.29 is 23.5 Å². The molecule has 0 saturated carbocycles. The third kappa shape index (κ3) is 14.6. The summed E-state index contributed by atoms with van der Waals surface area (Å²) in [5.41, 5.74) is -1.04. The predicted molar refractivity (Wildman–Crippen MR) is 130 cm³/mol. The number of esters is 1. The third-order valence-corrected chi connectivity index (χ3v) is 9.76. The van der Waals surface area contributed by atoms with Crippen molar-refractivity contribution in [3.63, 3.8) is 0 Å². The van der Waals surface area contributed by atoms with E-state index in [1.165, 1.54) is 0 Å². The molecule has 7 heteroatoms. The number of unbranched alkanes of at least 4 members (excludes halogenated alkanes) is 2. The van der Waals surface area contributed by atoms with E-state index in [4.69, 9.17) is 13.9 Å². The molecule has 6 nitrogen and oxygen atoms in total. The van der Waals surface area contributed by atoms with E-state index in [2.05, 4.69) is 33.9 Å². The molecule has 0 atom stereocenters. The summed E-state index contributed by atoms with van der Waals surface area (Å²) in [4.78, 5) is 26.3. The molecule has 0 radical (unpaired) electrons. The van der Waals surface area contributed by atoms with Crippen LogP contribution in [0.25, 0.3) is 0 Å². The second-order valence-corrected chi connectivity index (χ2v) is 16.6. The number of hydrogen-bond acceptors (Lipinski definition) is 5. The average Bonchev–Trinajstić information content (AvgIpc) is 2.51. The van der Waals surface area contributed by atoms with Crippen molar-refractivity contribution in [3.8, 4) is 0 Å². The number of ether oxygens (including phenoxy) is 2. The van der Waals surface area contributed by atoms with Crippen molar-refractivity contribution >= 4 is 20.4 Å². The van der Waals surface area contributed by atoms with Crippen LogP contribution in [0, 0.1) is 0 Å². The summed E-state index contributed by atoms with van der Waals surface area (Å²) in [5.74, 6) is -0.237. The van der Waals surface area contributed by atoms with Crippen LogP contribution in [-0.2, 0) is 18.7 Å². The molecule has 0 N–H and O–H groups in total. The highest BCUT2D eigenvalue weighted by atomic mass is 28.4. The largest absolute Gasteiger partial charge is 0.460 e. The number of nitrogens with zero attached hydrogens (tertiary/aromatic N) is 1. The summed E-state index contributed by atoms with van der Waals surface area (Å²) in [6.07, 6.45) is 3.37. The highest BCUT2D eigenvalue weighted by molar-refractivity contribution is 6.74. The molecule has 0 aromatic heterocycles. The summed E-state index contributed by atoms with van der Waals surface area (Å²) in [7, 11) is -1.71. The summed E-state index contributed by atoms with van der Waals surface area (Å²) in [5, 5.41) is 0.217. The minimum atomic E-state index is -1.71. The molecule has 0 unspecified atom stereocenters. The first-order valence-corrected chi connectivity index (χ1v) is 14.6. The fraction of sp³-hybridized carbons (Fsp3) is 0.917. The molecule has 0 rings (SSSR count). The molecular formula is C24H49NO5Si. The molecule has 0 spiro atoms. The fourth-order valence-electron chi connectivity index (χ4n) is 2.55. The van der Waals surface area contributed by atoms with Crippen LogP contribution in [0.15, 0.2) is 0 Å². The van der Waals surface area contributed by atoms with E-state index in [-0.39, 0.29) is 23.5 Å². The van der Waals surface area contributed by atoms with Gasteiger partial charge in [0.25, 0.3) is 0 Å². The molecule has 184 valence electrons. The standard InChI is InChI=1S/C24H49NO5Si/c1-22(2,3)29-20(26)16-15-18-25(21(27)30-23(4,5)6)17-13-12-14-19-28-31(10,11)24(7,8)9/h12-19H2,1-11H3. The number of carbonyl (C=O) groups is 2. The summed E-state index contributed by atoms with van der Waals surface area (Å²) < 4.78 is 17.1. The molecule has 31 heavy (non-hydrogen) atoms. The summed E-state index contributed by atoms with van der Waals surface area (Å²) >= 11 is 0. The predicted octanol–water partition coefficient (Wildman–Crippen LogP) is 6.54. The maximum atomic E-state index is 12.6. The molecule has 0 aromatic rings. The van der Waals surface area contributed by atoms with Gasteiger partial charge in [-0.3, -0.25) is 4.79 Å². The van der Waals surface area contributed by atoms with Gasteiger partial charge in [-0.25, -0.2) is 4.79 Å². The Labute approximate surface area is 192 Å². The Bertz CT molecular complexity index is 556. The third-order valence-electron chi connectivity index (χ3n) is 5.22. The van der Waals surface area contributed by atoms with Crippen LogP contribution in [0.4, 0.5) is 4.79 Å². The first-order chi connectivity index (χ1) is 13.8. The number of carbonyl (C=O) groups excluding carboxylic acids is 2. The van der Waals surface area contributed by atoms with E-state index in [1.54, 1.807) is 4.90 Å². The highest BCUT2D eigenvalue weighted by Crippen LogP contribution is 2.36. The molecule has 0 aromatic carbocycles. The Balaban J connectivity index is 4.53. The van der Waals surface area contributed by atoms with Gasteiger partial charge in [-0.15, -0.1) is 0 Å². The Hall–Kier alpha value is -1.08. The van der Waals surface area contributed by atoms with Crippen molar-refractivity contribution in [1.29, 1.82) is 0 Å². The second-order valence-electron chi connectivity index (χ2n) is 11.8. The van der Waals surface area contributed by atoms with Crippen molar-refractivity contribution in [2.24, 2.45) is 0 Å². The van der Waals surface area contributed by atoms with Crippen LogP contribution < -0.4 is 0 Å². The number of hydrogen-bond donors (Lipinski definition) is 0. The van der Waals surface area contributed by atoms with Gasteiger partial charge in [0, 0.05) is 26.1 Å². The molecular weight excluding hydrogens is 410 g/mol. The normalized spacial score (nSPS) is 13.1. The van der Waals surface area contributed by atoms with Crippen LogP contribution in [0.5, 0.6) is 0 Å². The number of rotatable bonds is 11. The van der Waals surface area contributed by atoms with E-state index in [9.17, 15) is 9.59 Å². The maximum absolute atomic E-state index is 12.6. The van der Waals surface area contributed by atoms with Crippen LogP contribution in [0.1, 0.15) is 94.4 Å². The second kappa shape index (κ2) is 12.2. The lowest BCUT2D eigenvalue weighted by atomic mass is 10.2. The van der Waals surface area contributed by atoms with Crippen molar-refractivity contribution in [3.05, 3.63) is 0 Å². The van der Waals surface area contributed by atoms with Crippen LogP contribution in [0.2, 0.25) is 18.1 Å². The zero-order valence-corrected chi connectivity index (χ0v) is 23.1. The van der Waals surface area contributed by atoms with Gasteiger partial charge in [-0.1, -0.05) is 20.8 Å². The molecule has 1 amide bonds. The maximum Gasteiger partial charge on any atom is 0.410 e. The smallest absolute Gasteiger partial charge is 0.410 e. The molecule has 0 aliphatic carbocycles. The topological polar surface area (TPSA) is 65.1 Å². The summed E-state index contributed by atoms with van der Waals surface area (Å²) in [6, 6.07) is 0. The Morgan fingerprint density at radius 1 is 0.742 bits per heavy atom. The van der Waals surface area contributed by atoms with E-state index < -0.39 is 19.5 Å². The van der Waals surface area contributed by atoms with E-state index in [0.29, 0.717) is 19.5 Å². The number of amides is 1. The Kier molecular flexibility index (Phi) is 11.8. The van der Waals surface area contributed by atoms with Gasteiger partial charge < -0.3 is 18.8 Å². The van der Waals surface area contributed by atoms with Gasteiger partial charge in [0.1, 0.15) is 11.2 Å². The van der Waals surface area contributed by atoms with Crippen molar-refractivity contribution in [2.75, 3.05) is 19.7 Å². The Morgan fingerprint density at radius 2 is 1.26 bits per heavy atom. The molecule has 0 saturated heterocycles. The molecule has 0 aliphatic heterocycles. The minimum Gasteiger partial charge on any atom is -0.460 e. The SMILES string of the molecule is CC(C)(C)OC(=O)CCCN(CCCCCO[Si](C)(C)C(C)(C)C)C(=O)OC(C)(C)C. The quantitative estimate of drug-likeness (QED) is 0.199. The average molecular weight is 460 g/mol. The van der Waals surface area contributed by atoms with E-state index in [1.807, 2.05) is 41.5 Å². The first kappa shape index (κ1) is 29.9. The van der Waals surface area contributed by atoms with E-state index >= 15 is 0 Å². The van der Waals surface area contributed by atoms with Crippen LogP contribution in [0.3, 0.4) is 0 Å². The highest BCUT2D eigenvalue weighted by Gasteiger charge is 2.36. The van der Waals surface area contributed by atoms with E-state index in [0.717, 1.165) is 25.9 Å². The monoisotopic (exact) mass is 459 g/mol. The lowest BCUT2D eigenvalue weighted by molar-refractivity contribution is -0.155. The van der Waals surface area contributed by atoms with Gasteiger partial charge >= 0.3 is 12.1 Å². The van der Waals surface area contributed by atoms with Crippen molar-refractivity contribution in [1.82, 2.24) is 4.90 Å². The molecule has 0 heterocycles. The molecule has 0 fully saturated rings. The van der Waals surface area contributed by atoms with Crippen molar-refractivity contribution in [2.45, 2.75) is 124 Å². The van der Waals surface area contributed by atoms with Gasteiger partial charge in [0.2, 0.25) is 0 Å². The minimum absolute atomic E-state index is 0.217. The Morgan fingerprint density at radius 3 is 1.74 bits per heavy atom. The fourth-order valence-corrected chi connectivity index (χ4v) is 3.64. The lowest BCUT2D eigenvalue weighted by Crippen LogP contribution is -2.41. The van der Waals surface area contributed by atoms with Gasteiger partial charge in [-0.2, -0.15) is 0 Å². The molecule has 0 bridgehead atoms. The molecule has 0 aliphatic rings. The van der Waals surface area contributed by atoms with Gasteiger partial charge in [0.05, 0.1) is 0 Å². The zero-order valence-electron chi connectivity index (χ0n) is 22.1. The van der Waals surface area contributed by atoms with Crippen LogP contribution in [-0.4, -0.2) is 56.2 Å². The lowest BCUT2D eigenvalue weighted by Gasteiger charge is -2.36. The van der Waals surface area contributed by atoms with Gasteiger partial charge in [-0.05, 0) is 85.4 Å². The van der Waals surface area contributed by atoms with Crippen LogP contribution >= 0.6 is 0 Å². The first-order valence-electron chi connectivity index (χ1n) is 11.7. The van der Waals surface area contributed by atoms with Gasteiger partial charge in [0.15, 0.2) is 8.32 Å². The summed E-state index contributed by atoms with van der Waals surface area (Å²) in [6.45, 7) is 24.3. The zero-order chi connectivity index (χ0) is 24.5.